The van der Waals surface area contributed by atoms with E-state index in [1.54, 1.807) is 6.07 Å². The zero-order valence-corrected chi connectivity index (χ0v) is 12.8. The van der Waals surface area contributed by atoms with Crippen molar-refractivity contribution >= 4 is 17.3 Å². The van der Waals surface area contributed by atoms with E-state index in [1.165, 1.54) is 12.1 Å². The van der Waals surface area contributed by atoms with Crippen LogP contribution in [0.4, 0.5) is 5.69 Å². The normalized spacial score (nSPS) is 24.4. The second-order valence-corrected chi connectivity index (χ2v) is 5.25. The SMILES string of the molecule is CCNC1CC(Oc2ccc([N+](=O)[O-])c(Cl)c2)C1OCC. The maximum atomic E-state index is 10.7. The van der Waals surface area contributed by atoms with Crippen molar-refractivity contribution in [3.8, 4) is 5.75 Å². The quantitative estimate of drug-likeness (QED) is 0.619. The largest absolute Gasteiger partial charge is 0.488 e. The third kappa shape index (κ3) is 3.64. The van der Waals surface area contributed by atoms with E-state index in [0.717, 1.165) is 13.0 Å². The molecular formula is C14H19ClN2O4. The number of hydrogen-bond acceptors (Lipinski definition) is 5. The molecule has 0 bridgehead atoms. The number of rotatable bonds is 7. The molecule has 21 heavy (non-hydrogen) atoms. The van der Waals surface area contributed by atoms with E-state index < -0.39 is 4.92 Å². The van der Waals surface area contributed by atoms with E-state index in [1.807, 2.05) is 13.8 Å². The number of ether oxygens (including phenoxy) is 2. The molecule has 116 valence electrons. The van der Waals surface area contributed by atoms with Crippen LogP contribution in [0.25, 0.3) is 0 Å². The first-order chi connectivity index (χ1) is 10.1. The number of benzene rings is 1. The Labute approximate surface area is 128 Å². The molecule has 1 aromatic carbocycles. The first-order valence-electron chi connectivity index (χ1n) is 7.02. The van der Waals surface area contributed by atoms with Gasteiger partial charge in [-0.1, -0.05) is 18.5 Å². The van der Waals surface area contributed by atoms with Crippen molar-refractivity contribution in [2.24, 2.45) is 0 Å². The third-order valence-electron chi connectivity index (χ3n) is 3.48. The van der Waals surface area contributed by atoms with E-state index in [4.69, 9.17) is 21.1 Å². The van der Waals surface area contributed by atoms with Gasteiger partial charge in [-0.25, -0.2) is 0 Å². The molecule has 0 aromatic heterocycles. The topological polar surface area (TPSA) is 73.6 Å². The number of nitro groups is 1. The minimum absolute atomic E-state index is 0.0103. The highest BCUT2D eigenvalue weighted by molar-refractivity contribution is 6.32. The molecule has 1 N–H and O–H groups in total. The maximum absolute atomic E-state index is 10.7. The van der Waals surface area contributed by atoms with Crippen LogP contribution in [0.1, 0.15) is 20.3 Å². The van der Waals surface area contributed by atoms with Crippen molar-refractivity contribution in [2.75, 3.05) is 13.2 Å². The molecule has 0 amide bonds. The van der Waals surface area contributed by atoms with E-state index in [9.17, 15) is 10.1 Å². The second-order valence-electron chi connectivity index (χ2n) is 4.85. The van der Waals surface area contributed by atoms with Crippen LogP contribution in [0.5, 0.6) is 5.75 Å². The number of nitrogens with one attached hydrogen (secondary N) is 1. The highest BCUT2D eigenvalue weighted by atomic mass is 35.5. The van der Waals surface area contributed by atoms with Crippen LogP contribution in [-0.4, -0.2) is 36.3 Å². The molecule has 6 nitrogen and oxygen atoms in total. The molecule has 0 aliphatic heterocycles. The van der Waals surface area contributed by atoms with Gasteiger partial charge in [-0.2, -0.15) is 0 Å². The Balaban J connectivity index is 2.01. The first kappa shape index (κ1) is 16.0. The molecule has 1 saturated carbocycles. The average Bonchev–Trinajstić information content (AvgIpc) is 2.43. The molecule has 2 rings (SSSR count). The lowest BCUT2D eigenvalue weighted by Gasteiger charge is -2.44. The maximum Gasteiger partial charge on any atom is 0.288 e. The second kappa shape index (κ2) is 7.06. The predicted octanol–water partition coefficient (Wildman–Crippen LogP) is 2.78. The lowest BCUT2D eigenvalue weighted by atomic mass is 9.85. The van der Waals surface area contributed by atoms with Gasteiger partial charge in [0.1, 0.15) is 23.0 Å². The molecule has 0 heterocycles. The van der Waals surface area contributed by atoms with Crippen LogP contribution >= 0.6 is 11.6 Å². The Hall–Kier alpha value is -1.37. The van der Waals surface area contributed by atoms with Crippen molar-refractivity contribution in [1.82, 2.24) is 5.32 Å². The monoisotopic (exact) mass is 314 g/mol. The van der Waals surface area contributed by atoms with E-state index >= 15 is 0 Å². The highest BCUT2D eigenvalue weighted by Gasteiger charge is 2.43. The van der Waals surface area contributed by atoms with Crippen molar-refractivity contribution in [3.63, 3.8) is 0 Å². The van der Waals surface area contributed by atoms with Crippen LogP contribution in [-0.2, 0) is 4.74 Å². The van der Waals surface area contributed by atoms with Gasteiger partial charge in [-0.3, -0.25) is 10.1 Å². The lowest BCUT2D eigenvalue weighted by Crippen LogP contribution is -2.61. The number of nitro benzene ring substituents is 1. The summed E-state index contributed by atoms with van der Waals surface area (Å²) in [7, 11) is 0. The van der Waals surface area contributed by atoms with Crippen molar-refractivity contribution in [2.45, 2.75) is 38.5 Å². The van der Waals surface area contributed by atoms with Gasteiger partial charge in [-0.05, 0) is 19.5 Å². The van der Waals surface area contributed by atoms with E-state index in [-0.39, 0.29) is 29.0 Å². The summed E-state index contributed by atoms with van der Waals surface area (Å²) in [5.41, 5.74) is -0.121. The van der Waals surface area contributed by atoms with Crippen LogP contribution in [0.2, 0.25) is 5.02 Å². The zero-order chi connectivity index (χ0) is 15.4. The molecule has 1 aliphatic rings. The number of likely N-dealkylation sites (N-methyl/N-ethyl adjacent to an activating group) is 1. The third-order valence-corrected chi connectivity index (χ3v) is 3.78. The minimum Gasteiger partial charge on any atom is -0.488 e. The summed E-state index contributed by atoms with van der Waals surface area (Å²) in [5.74, 6) is 0.523. The molecule has 3 atom stereocenters. The Bertz CT molecular complexity index is 512. The van der Waals surface area contributed by atoms with Gasteiger partial charge in [0.2, 0.25) is 0 Å². The summed E-state index contributed by atoms with van der Waals surface area (Å²) in [6.07, 6.45) is 0.767. The van der Waals surface area contributed by atoms with Crippen LogP contribution in [0, 0.1) is 10.1 Å². The van der Waals surface area contributed by atoms with Gasteiger partial charge in [0.05, 0.1) is 4.92 Å². The lowest BCUT2D eigenvalue weighted by molar-refractivity contribution is -0.384. The molecule has 0 radical (unpaired) electrons. The zero-order valence-electron chi connectivity index (χ0n) is 12.0. The molecular weight excluding hydrogens is 296 g/mol. The summed E-state index contributed by atoms with van der Waals surface area (Å²) < 4.78 is 11.5. The average molecular weight is 315 g/mol. The highest BCUT2D eigenvalue weighted by Crippen LogP contribution is 2.33. The summed E-state index contributed by atoms with van der Waals surface area (Å²) >= 11 is 5.88. The van der Waals surface area contributed by atoms with E-state index in [2.05, 4.69) is 5.32 Å². The van der Waals surface area contributed by atoms with Gasteiger partial charge >= 0.3 is 0 Å². The van der Waals surface area contributed by atoms with Crippen molar-refractivity contribution in [3.05, 3.63) is 33.3 Å². The van der Waals surface area contributed by atoms with Gasteiger partial charge < -0.3 is 14.8 Å². The van der Waals surface area contributed by atoms with Crippen LogP contribution in [0.3, 0.4) is 0 Å². The summed E-state index contributed by atoms with van der Waals surface area (Å²) in [6, 6.07) is 4.68. The molecule has 0 spiro atoms. The number of hydrogen-bond donors (Lipinski definition) is 1. The van der Waals surface area contributed by atoms with Gasteiger partial charge in [0, 0.05) is 31.2 Å². The van der Waals surface area contributed by atoms with E-state index in [0.29, 0.717) is 12.4 Å². The summed E-state index contributed by atoms with van der Waals surface area (Å²) in [4.78, 5) is 10.2. The summed E-state index contributed by atoms with van der Waals surface area (Å²) in [5, 5.41) is 14.2. The fourth-order valence-corrected chi connectivity index (χ4v) is 2.70. The number of nitrogens with zero attached hydrogens (tertiary/aromatic N) is 1. The molecule has 7 heteroatoms. The van der Waals surface area contributed by atoms with Crippen LogP contribution in [0.15, 0.2) is 18.2 Å². The Morgan fingerprint density at radius 2 is 2.24 bits per heavy atom. The molecule has 1 fully saturated rings. The molecule has 0 saturated heterocycles. The Morgan fingerprint density at radius 3 is 2.81 bits per heavy atom. The molecule has 3 unspecified atom stereocenters. The van der Waals surface area contributed by atoms with Crippen molar-refractivity contribution in [1.29, 1.82) is 0 Å². The summed E-state index contributed by atoms with van der Waals surface area (Å²) in [6.45, 7) is 5.49. The fourth-order valence-electron chi connectivity index (χ4n) is 2.46. The first-order valence-corrected chi connectivity index (χ1v) is 7.40. The smallest absolute Gasteiger partial charge is 0.288 e. The molecule has 1 aliphatic carbocycles. The minimum atomic E-state index is -0.514. The van der Waals surface area contributed by atoms with Gasteiger partial charge in [0.15, 0.2) is 0 Å². The number of halogens is 1. The van der Waals surface area contributed by atoms with Gasteiger partial charge in [-0.15, -0.1) is 0 Å². The fraction of sp³-hybridized carbons (Fsp3) is 0.571. The molecule has 1 aromatic rings. The van der Waals surface area contributed by atoms with Crippen molar-refractivity contribution < 1.29 is 14.4 Å². The predicted molar refractivity (Wildman–Crippen MR) is 80.0 cm³/mol. The Morgan fingerprint density at radius 1 is 1.48 bits per heavy atom. The van der Waals surface area contributed by atoms with Gasteiger partial charge in [0.25, 0.3) is 5.69 Å². The van der Waals surface area contributed by atoms with Crippen LogP contribution < -0.4 is 10.1 Å². The Kier molecular flexibility index (Phi) is 5.39. The standard InChI is InChI=1S/C14H19ClN2O4/c1-3-16-11-8-13(14(11)20-4-2)21-9-5-6-12(17(18)19)10(15)7-9/h5-7,11,13-14,16H,3-4,8H2,1-2H3.